The summed E-state index contributed by atoms with van der Waals surface area (Å²) in [4.78, 5) is 11.8. The zero-order valence-electron chi connectivity index (χ0n) is 8.86. The number of nitro groups is 1. The molecule has 17 heavy (non-hydrogen) atoms. The van der Waals surface area contributed by atoms with Crippen molar-refractivity contribution in [3.8, 4) is 0 Å². The first-order valence-electron chi connectivity index (χ1n) is 5.06. The number of rotatable bonds is 2. The van der Waals surface area contributed by atoms with Gasteiger partial charge in [0.15, 0.2) is 5.82 Å². The van der Waals surface area contributed by atoms with Gasteiger partial charge in [-0.1, -0.05) is 0 Å². The SMILES string of the molecule is O=[N+]([O-])c1ccc(N2CCOCC2)c(F)c1Br. The van der Waals surface area contributed by atoms with Gasteiger partial charge in [0.2, 0.25) is 0 Å². The van der Waals surface area contributed by atoms with Crippen molar-refractivity contribution in [1.29, 1.82) is 0 Å². The fraction of sp³-hybridized carbons (Fsp3) is 0.400. The first kappa shape index (κ1) is 12.3. The summed E-state index contributed by atoms with van der Waals surface area (Å²) in [6, 6.07) is 2.74. The Balaban J connectivity index is 2.36. The van der Waals surface area contributed by atoms with E-state index in [0.717, 1.165) is 0 Å². The van der Waals surface area contributed by atoms with Crippen molar-refractivity contribution in [2.75, 3.05) is 31.2 Å². The van der Waals surface area contributed by atoms with E-state index in [0.29, 0.717) is 32.0 Å². The van der Waals surface area contributed by atoms with Crippen LogP contribution in [0.25, 0.3) is 0 Å². The van der Waals surface area contributed by atoms with Crippen molar-refractivity contribution in [2.24, 2.45) is 0 Å². The zero-order chi connectivity index (χ0) is 12.4. The van der Waals surface area contributed by atoms with E-state index < -0.39 is 10.7 Å². The molecule has 0 aromatic heterocycles. The Morgan fingerprint density at radius 2 is 2.06 bits per heavy atom. The average Bonchev–Trinajstić information content (AvgIpc) is 2.33. The maximum atomic E-state index is 14.0. The topological polar surface area (TPSA) is 55.6 Å². The van der Waals surface area contributed by atoms with Crippen LogP contribution in [-0.4, -0.2) is 31.2 Å². The molecule has 0 atom stereocenters. The van der Waals surface area contributed by atoms with Gasteiger partial charge in [-0.25, -0.2) is 4.39 Å². The van der Waals surface area contributed by atoms with Crippen molar-refractivity contribution >= 4 is 27.3 Å². The molecular formula is C10H10BrFN2O3. The molecule has 1 aromatic carbocycles. The molecule has 92 valence electrons. The van der Waals surface area contributed by atoms with Gasteiger partial charge in [0.05, 0.1) is 23.8 Å². The van der Waals surface area contributed by atoms with E-state index in [1.807, 2.05) is 4.90 Å². The number of morpholine rings is 1. The van der Waals surface area contributed by atoms with E-state index in [-0.39, 0.29) is 10.2 Å². The van der Waals surface area contributed by atoms with E-state index in [4.69, 9.17) is 4.74 Å². The van der Waals surface area contributed by atoms with Gasteiger partial charge < -0.3 is 9.64 Å². The third-order valence-electron chi connectivity index (χ3n) is 2.59. The van der Waals surface area contributed by atoms with E-state index in [2.05, 4.69) is 15.9 Å². The fourth-order valence-corrected chi connectivity index (χ4v) is 2.20. The van der Waals surface area contributed by atoms with Crippen LogP contribution in [0, 0.1) is 15.9 Å². The Morgan fingerprint density at radius 3 is 2.65 bits per heavy atom. The lowest BCUT2D eigenvalue weighted by molar-refractivity contribution is -0.385. The number of nitrogens with zero attached hydrogens (tertiary/aromatic N) is 2. The lowest BCUT2D eigenvalue weighted by Crippen LogP contribution is -2.36. The largest absolute Gasteiger partial charge is 0.378 e. The molecule has 0 bridgehead atoms. The molecule has 1 aromatic rings. The van der Waals surface area contributed by atoms with Crippen LogP contribution < -0.4 is 4.90 Å². The van der Waals surface area contributed by atoms with E-state index >= 15 is 0 Å². The third kappa shape index (κ3) is 2.39. The molecule has 7 heteroatoms. The molecule has 1 aliphatic heterocycles. The molecular weight excluding hydrogens is 295 g/mol. The average molecular weight is 305 g/mol. The van der Waals surface area contributed by atoms with Crippen molar-refractivity contribution in [3.05, 3.63) is 32.5 Å². The summed E-state index contributed by atoms with van der Waals surface area (Å²) in [5.74, 6) is -0.596. The highest BCUT2D eigenvalue weighted by molar-refractivity contribution is 9.10. The van der Waals surface area contributed by atoms with Crippen molar-refractivity contribution < 1.29 is 14.1 Å². The predicted octanol–water partition coefficient (Wildman–Crippen LogP) is 2.33. The maximum absolute atomic E-state index is 14.0. The number of benzene rings is 1. The van der Waals surface area contributed by atoms with Crippen LogP contribution in [0.15, 0.2) is 16.6 Å². The van der Waals surface area contributed by atoms with Crippen LogP contribution >= 0.6 is 15.9 Å². The van der Waals surface area contributed by atoms with Gasteiger partial charge in [-0.3, -0.25) is 10.1 Å². The second kappa shape index (κ2) is 4.97. The van der Waals surface area contributed by atoms with Gasteiger partial charge in [0.1, 0.15) is 4.47 Å². The second-order valence-electron chi connectivity index (χ2n) is 3.59. The lowest BCUT2D eigenvalue weighted by atomic mass is 10.2. The molecule has 0 unspecified atom stereocenters. The van der Waals surface area contributed by atoms with Crippen LogP contribution in [0.2, 0.25) is 0 Å². The van der Waals surface area contributed by atoms with Gasteiger partial charge in [-0.15, -0.1) is 0 Å². The number of ether oxygens (including phenoxy) is 1. The third-order valence-corrected chi connectivity index (χ3v) is 3.34. The summed E-state index contributed by atoms with van der Waals surface area (Å²) in [6.07, 6.45) is 0. The lowest BCUT2D eigenvalue weighted by Gasteiger charge is -2.29. The monoisotopic (exact) mass is 304 g/mol. The van der Waals surface area contributed by atoms with Crippen LogP contribution in [0.3, 0.4) is 0 Å². The highest BCUT2D eigenvalue weighted by atomic mass is 79.9. The Morgan fingerprint density at radius 1 is 1.41 bits per heavy atom. The molecule has 0 amide bonds. The van der Waals surface area contributed by atoms with Crippen LogP contribution in [0.1, 0.15) is 0 Å². The summed E-state index contributed by atoms with van der Waals surface area (Å²) in [5, 5.41) is 10.6. The van der Waals surface area contributed by atoms with Gasteiger partial charge in [0.25, 0.3) is 5.69 Å². The number of hydrogen-bond donors (Lipinski definition) is 0. The molecule has 1 aliphatic rings. The van der Waals surface area contributed by atoms with Crippen molar-refractivity contribution in [2.45, 2.75) is 0 Å². The highest BCUT2D eigenvalue weighted by Crippen LogP contribution is 2.34. The van der Waals surface area contributed by atoms with Gasteiger partial charge in [-0.2, -0.15) is 0 Å². The summed E-state index contributed by atoms with van der Waals surface area (Å²) in [7, 11) is 0. The summed E-state index contributed by atoms with van der Waals surface area (Å²) >= 11 is 2.92. The highest BCUT2D eigenvalue weighted by Gasteiger charge is 2.22. The smallest absolute Gasteiger partial charge is 0.286 e. The minimum absolute atomic E-state index is 0.105. The number of hydrogen-bond acceptors (Lipinski definition) is 4. The van der Waals surface area contributed by atoms with Crippen LogP contribution in [0.5, 0.6) is 0 Å². The van der Waals surface area contributed by atoms with E-state index in [9.17, 15) is 14.5 Å². The minimum Gasteiger partial charge on any atom is -0.378 e. The predicted molar refractivity (Wildman–Crippen MR) is 63.8 cm³/mol. The molecule has 2 rings (SSSR count). The molecule has 1 fully saturated rings. The number of nitro benzene ring substituents is 1. The maximum Gasteiger partial charge on any atom is 0.286 e. The number of halogens is 2. The van der Waals surface area contributed by atoms with Crippen LogP contribution in [0.4, 0.5) is 15.8 Å². The minimum atomic E-state index is -0.615. The number of anilines is 1. The molecule has 0 saturated carbocycles. The summed E-state index contributed by atoms with van der Waals surface area (Å²) in [5.41, 5.74) is 0.102. The Hall–Kier alpha value is -1.21. The summed E-state index contributed by atoms with van der Waals surface area (Å²) in [6.45, 7) is 2.24. The van der Waals surface area contributed by atoms with Crippen molar-refractivity contribution in [1.82, 2.24) is 0 Å². The van der Waals surface area contributed by atoms with E-state index in [1.54, 1.807) is 0 Å². The fourth-order valence-electron chi connectivity index (χ4n) is 1.72. The zero-order valence-corrected chi connectivity index (χ0v) is 10.4. The Bertz CT molecular complexity index is 449. The van der Waals surface area contributed by atoms with Gasteiger partial charge in [0, 0.05) is 19.2 Å². The Kier molecular flexibility index (Phi) is 3.58. The normalized spacial score (nSPS) is 16.0. The Labute approximate surface area is 105 Å². The molecule has 0 spiro atoms. The first-order valence-corrected chi connectivity index (χ1v) is 5.85. The first-order chi connectivity index (χ1) is 8.11. The van der Waals surface area contributed by atoms with Gasteiger partial charge >= 0.3 is 0 Å². The molecule has 1 heterocycles. The molecule has 5 nitrogen and oxygen atoms in total. The second-order valence-corrected chi connectivity index (χ2v) is 4.38. The molecule has 0 radical (unpaired) electrons. The quantitative estimate of drug-likeness (QED) is 0.621. The summed E-state index contributed by atoms with van der Waals surface area (Å²) < 4.78 is 19.0. The molecule has 0 N–H and O–H groups in total. The van der Waals surface area contributed by atoms with E-state index in [1.165, 1.54) is 12.1 Å². The van der Waals surface area contributed by atoms with Gasteiger partial charge in [-0.05, 0) is 22.0 Å². The molecule has 1 saturated heterocycles. The molecule has 0 aliphatic carbocycles. The standard InChI is InChI=1S/C10H10BrFN2O3/c11-9-7(14(15)16)1-2-8(10(9)12)13-3-5-17-6-4-13/h1-2H,3-6H2. The van der Waals surface area contributed by atoms with Crippen molar-refractivity contribution in [3.63, 3.8) is 0 Å². The van der Waals surface area contributed by atoms with Crippen LogP contribution in [-0.2, 0) is 4.74 Å².